The lowest BCUT2D eigenvalue weighted by molar-refractivity contribution is 0.133. The van der Waals surface area contributed by atoms with Gasteiger partial charge in [-0.1, -0.05) is 6.92 Å². The van der Waals surface area contributed by atoms with Crippen LogP contribution in [0.5, 0.6) is 0 Å². The first-order chi connectivity index (χ1) is 9.49. The standard InChI is InChI=1S/C13H25N3O3S/c1-4-6-14-8-12-7-13(9-15-12)20(17,18)16-11(3)10-19-5-2/h7,9,11,14-16H,4-6,8,10H2,1-3H3. The minimum atomic E-state index is -3.49. The van der Waals surface area contributed by atoms with Gasteiger partial charge in [0.2, 0.25) is 10.0 Å². The minimum absolute atomic E-state index is 0.253. The molecule has 0 amide bonds. The van der Waals surface area contributed by atoms with Gasteiger partial charge < -0.3 is 15.0 Å². The highest BCUT2D eigenvalue weighted by Crippen LogP contribution is 2.11. The van der Waals surface area contributed by atoms with Crippen molar-refractivity contribution in [2.75, 3.05) is 19.8 Å². The first kappa shape index (κ1) is 17.2. The van der Waals surface area contributed by atoms with Crippen LogP contribution < -0.4 is 10.0 Å². The van der Waals surface area contributed by atoms with Crippen molar-refractivity contribution in [3.05, 3.63) is 18.0 Å². The van der Waals surface area contributed by atoms with E-state index in [1.165, 1.54) is 6.20 Å². The summed E-state index contributed by atoms with van der Waals surface area (Å²) in [5.41, 5.74) is 0.858. The molecule has 6 nitrogen and oxygen atoms in total. The summed E-state index contributed by atoms with van der Waals surface area (Å²) in [6.45, 7) is 8.23. The molecule has 116 valence electrons. The number of aromatic nitrogens is 1. The second-order valence-corrected chi connectivity index (χ2v) is 6.43. The second kappa shape index (κ2) is 8.41. The van der Waals surface area contributed by atoms with Crippen molar-refractivity contribution >= 4 is 10.0 Å². The number of hydrogen-bond donors (Lipinski definition) is 3. The molecule has 0 bridgehead atoms. The second-order valence-electron chi connectivity index (χ2n) is 4.72. The van der Waals surface area contributed by atoms with Gasteiger partial charge in [0, 0.05) is 31.1 Å². The normalized spacial score (nSPS) is 13.6. The van der Waals surface area contributed by atoms with Crippen molar-refractivity contribution < 1.29 is 13.2 Å². The summed E-state index contributed by atoms with van der Waals surface area (Å²) in [6.07, 6.45) is 2.56. The van der Waals surface area contributed by atoms with Gasteiger partial charge in [-0.3, -0.25) is 0 Å². The minimum Gasteiger partial charge on any atom is -0.380 e. The fourth-order valence-corrected chi connectivity index (χ4v) is 2.98. The van der Waals surface area contributed by atoms with Crippen LogP contribution in [0, 0.1) is 0 Å². The fraction of sp³-hybridized carbons (Fsp3) is 0.692. The van der Waals surface area contributed by atoms with E-state index in [-0.39, 0.29) is 10.9 Å². The van der Waals surface area contributed by atoms with Crippen LogP contribution >= 0.6 is 0 Å². The molecular formula is C13H25N3O3S. The summed E-state index contributed by atoms with van der Waals surface area (Å²) >= 11 is 0. The third kappa shape index (κ3) is 5.62. The van der Waals surface area contributed by atoms with Crippen molar-refractivity contribution in [1.29, 1.82) is 0 Å². The maximum Gasteiger partial charge on any atom is 0.242 e. The van der Waals surface area contributed by atoms with E-state index in [2.05, 4.69) is 21.9 Å². The molecule has 0 aliphatic rings. The molecule has 0 aliphatic carbocycles. The molecule has 1 unspecified atom stereocenters. The molecule has 1 aromatic heterocycles. The molecule has 0 aromatic carbocycles. The summed E-state index contributed by atoms with van der Waals surface area (Å²) in [6, 6.07) is 1.40. The number of rotatable bonds is 10. The van der Waals surface area contributed by atoms with E-state index in [9.17, 15) is 8.42 Å². The molecule has 1 rings (SSSR count). The van der Waals surface area contributed by atoms with E-state index in [4.69, 9.17) is 4.74 Å². The van der Waals surface area contributed by atoms with Crippen molar-refractivity contribution in [3.8, 4) is 0 Å². The van der Waals surface area contributed by atoms with Gasteiger partial charge in [-0.15, -0.1) is 0 Å². The summed E-state index contributed by atoms with van der Waals surface area (Å²) in [5.74, 6) is 0. The fourth-order valence-electron chi connectivity index (χ4n) is 1.74. The van der Waals surface area contributed by atoms with Gasteiger partial charge in [0.15, 0.2) is 0 Å². The summed E-state index contributed by atoms with van der Waals surface area (Å²) in [7, 11) is -3.49. The summed E-state index contributed by atoms with van der Waals surface area (Å²) < 4.78 is 32.1. The zero-order chi connectivity index (χ0) is 15.0. The van der Waals surface area contributed by atoms with E-state index in [0.717, 1.165) is 18.7 Å². The quantitative estimate of drug-likeness (QED) is 0.568. The summed E-state index contributed by atoms with van der Waals surface area (Å²) in [4.78, 5) is 3.23. The highest BCUT2D eigenvalue weighted by molar-refractivity contribution is 7.89. The zero-order valence-corrected chi connectivity index (χ0v) is 13.2. The van der Waals surface area contributed by atoms with Crippen LogP contribution in [-0.2, 0) is 21.3 Å². The highest BCUT2D eigenvalue weighted by atomic mass is 32.2. The maximum atomic E-state index is 12.1. The van der Waals surface area contributed by atoms with Crippen LogP contribution in [0.3, 0.4) is 0 Å². The Morgan fingerprint density at radius 3 is 2.80 bits per heavy atom. The molecule has 0 radical (unpaired) electrons. The van der Waals surface area contributed by atoms with E-state index in [1.54, 1.807) is 13.0 Å². The Morgan fingerprint density at radius 2 is 2.15 bits per heavy atom. The van der Waals surface area contributed by atoms with Gasteiger partial charge in [0.1, 0.15) is 0 Å². The number of hydrogen-bond acceptors (Lipinski definition) is 4. The number of H-pyrrole nitrogens is 1. The number of ether oxygens (including phenoxy) is 1. The van der Waals surface area contributed by atoms with Gasteiger partial charge >= 0.3 is 0 Å². The van der Waals surface area contributed by atoms with Crippen molar-refractivity contribution in [2.24, 2.45) is 0 Å². The monoisotopic (exact) mass is 303 g/mol. The Balaban J connectivity index is 2.59. The lowest BCUT2D eigenvalue weighted by atomic mass is 10.4. The average Bonchev–Trinajstić information content (AvgIpc) is 2.86. The molecule has 0 spiro atoms. The van der Waals surface area contributed by atoms with Crippen LogP contribution in [0.2, 0.25) is 0 Å². The van der Waals surface area contributed by atoms with Crippen LogP contribution in [0.25, 0.3) is 0 Å². The van der Waals surface area contributed by atoms with Gasteiger partial charge in [-0.2, -0.15) is 0 Å². The lowest BCUT2D eigenvalue weighted by Crippen LogP contribution is -2.35. The molecule has 3 N–H and O–H groups in total. The topological polar surface area (TPSA) is 83.2 Å². The third-order valence-electron chi connectivity index (χ3n) is 2.70. The van der Waals surface area contributed by atoms with Crippen LogP contribution in [0.4, 0.5) is 0 Å². The molecule has 20 heavy (non-hydrogen) atoms. The van der Waals surface area contributed by atoms with E-state index in [0.29, 0.717) is 19.8 Å². The Labute approximate surface area is 121 Å². The van der Waals surface area contributed by atoms with Crippen LogP contribution in [-0.4, -0.2) is 39.2 Å². The first-order valence-electron chi connectivity index (χ1n) is 6.97. The zero-order valence-electron chi connectivity index (χ0n) is 12.4. The molecule has 1 heterocycles. The molecule has 0 aliphatic heterocycles. The summed E-state index contributed by atoms with van der Waals surface area (Å²) in [5, 5.41) is 3.22. The Bertz CT molecular complexity index is 485. The molecule has 1 atom stereocenters. The molecule has 7 heteroatoms. The van der Waals surface area contributed by atoms with Crippen molar-refractivity contribution in [3.63, 3.8) is 0 Å². The van der Waals surface area contributed by atoms with Crippen molar-refractivity contribution in [2.45, 2.75) is 44.7 Å². The number of nitrogens with one attached hydrogen (secondary N) is 3. The Morgan fingerprint density at radius 1 is 1.40 bits per heavy atom. The van der Waals surface area contributed by atoms with Gasteiger partial charge in [0.05, 0.1) is 11.5 Å². The number of sulfonamides is 1. The molecular weight excluding hydrogens is 278 g/mol. The van der Waals surface area contributed by atoms with Gasteiger partial charge in [-0.25, -0.2) is 13.1 Å². The molecule has 0 saturated carbocycles. The average molecular weight is 303 g/mol. The molecule has 0 fully saturated rings. The number of aromatic amines is 1. The lowest BCUT2D eigenvalue weighted by Gasteiger charge is -2.12. The molecule has 0 saturated heterocycles. The van der Waals surface area contributed by atoms with Crippen LogP contribution in [0.1, 0.15) is 32.9 Å². The first-order valence-corrected chi connectivity index (χ1v) is 8.46. The maximum absolute atomic E-state index is 12.1. The van der Waals surface area contributed by atoms with E-state index < -0.39 is 10.0 Å². The highest BCUT2D eigenvalue weighted by Gasteiger charge is 2.18. The van der Waals surface area contributed by atoms with Gasteiger partial charge in [-0.05, 0) is 32.9 Å². The van der Waals surface area contributed by atoms with Gasteiger partial charge in [0.25, 0.3) is 0 Å². The predicted octanol–water partition coefficient (Wildman–Crippen LogP) is 1.22. The SMILES string of the molecule is CCCNCc1cc(S(=O)(=O)NC(C)COCC)c[nH]1. The van der Waals surface area contributed by atoms with Crippen LogP contribution in [0.15, 0.2) is 17.2 Å². The van der Waals surface area contributed by atoms with E-state index >= 15 is 0 Å². The van der Waals surface area contributed by atoms with Crippen molar-refractivity contribution in [1.82, 2.24) is 15.0 Å². The third-order valence-corrected chi connectivity index (χ3v) is 4.27. The Kier molecular flexibility index (Phi) is 7.22. The smallest absolute Gasteiger partial charge is 0.242 e. The predicted molar refractivity (Wildman–Crippen MR) is 79.1 cm³/mol. The van der Waals surface area contributed by atoms with E-state index in [1.807, 2.05) is 6.92 Å². The molecule has 1 aromatic rings. The largest absolute Gasteiger partial charge is 0.380 e. The Hall–Kier alpha value is -0.890.